The molecule has 5 rings (SSSR count). The molecule has 8 nitrogen and oxygen atoms in total. The monoisotopic (exact) mass is 472 g/mol. The van der Waals surface area contributed by atoms with Crippen LogP contribution < -0.4 is 4.90 Å². The Morgan fingerprint density at radius 2 is 2.06 bits per heavy atom. The van der Waals surface area contributed by atoms with Crippen LogP contribution in [0.5, 0.6) is 0 Å². The lowest BCUT2D eigenvalue weighted by Gasteiger charge is -2.31. The summed E-state index contributed by atoms with van der Waals surface area (Å²) in [5.41, 5.74) is 1.06. The normalized spacial score (nSPS) is 19.6. The third kappa shape index (κ3) is 4.49. The molecule has 0 unspecified atom stereocenters. The number of rotatable bonds is 6. The van der Waals surface area contributed by atoms with E-state index in [4.69, 9.17) is 9.72 Å². The van der Waals surface area contributed by atoms with E-state index in [-0.39, 0.29) is 5.91 Å². The Labute approximate surface area is 196 Å². The molecule has 3 aromatic rings. The average molecular weight is 473 g/mol. The van der Waals surface area contributed by atoms with Crippen LogP contribution in [0.4, 0.5) is 5.95 Å². The van der Waals surface area contributed by atoms with Gasteiger partial charge in [-0.05, 0) is 31.9 Å². The zero-order valence-electron chi connectivity index (χ0n) is 18.3. The second-order valence-corrected chi connectivity index (χ2v) is 10.1. The van der Waals surface area contributed by atoms with Crippen LogP contribution in [0.2, 0.25) is 0 Å². The highest BCUT2D eigenvalue weighted by molar-refractivity contribution is 7.99. The predicted molar refractivity (Wildman–Crippen MR) is 128 cm³/mol. The summed E-state index contributed by atoms with van der Waals surface area (Å²) >= 11 is 3.25. The standard InChI is InChI=1S/C22H28N6O2S2/c1-2-28-21(26-10-12-30-13-11-26)24-25-22(28)31-15-19(29)27-9-5-6-16(14-27)20-23-17-7-3-4-8-18(17)32-20/h3-4,7-8,16H,2,5-6,9-15H2,1H3/t16-/m1/s1. The number of nitrogens with zero attached hydrogens (tertiary/aromatic N) is 6. The van der Waals surface area contributed by atoms with E-state index in [1.165, 1.54) is 16.5 Å². The second-order valence-electron chi connectivity index (χ2n) is 8.11. The van der Waals surface area contributed by atoms with E-state index in [0.29, 0.717) is 24.9 Å². The van der Waals surface area contributed by atoms with Gasteiger partial charge in [0.2, 0.25) is 11.9 Å². The maximum absolute atomic E-state index is 13.0. The van der Waals surface area contributed by atoms with Gasteiger partial charge in [0, 0.05) is 38.6 Å². The third-order valence-electron chi connectivity index (χ3n) is 6.07. The van der Waals surface area contributed by atoms with Crippen molar-refractivity contribution in [3.8, 4) is 0 Å². The van der Waals surface area contributed by atoms with Gasteiger partial charge in [0.25, 0.3) is 0 Å². The number of hydrogen-bond acceptors (Lipinski definition) is 8. The van der Waals surface area contributed by atoms with Crippen molar-refractivity contribution in [2.75, 3.05) is 50.0 Å². The van der Waals surface area contributed by atoms with Crippen LogP contribution in [0.1, 0.15) is 30.7 Å². The zero-order valence-corrected chi connectivity index (χ0v) is 19.9. The van der Waals surface area contributed by atoms with Gasteiger partial charge < -0.3 is 14.5 Å². The number of ether oxygens (including phenoxy) is 1. The molecule has 0 radical (unpaired) electrons. The maximum Gasteiger partial charge on any atom is 0.233 e. The minimum atomic E-state index is 0.166. The van der Waals surface area contributed by atoms with Crippen molar-refractivity contribution in [2.24, 2.45) is 0 Å². The average Bonchev–Trinajstić information content (AvgIpc) is 3.47. The summed E-state index contributed by atoms with van der Waals surface area (Å²) in [5.74, 6) is 1.75. The van der Waals surface area contributed by atoms with Crippen molar-refractivity contribution in [2.45, 2.75) is 37.4 Å². The van der Waals surface area contributed by atoms with Crippen molar-refractivity contribution in [1.82, 2.24) is 24.6 Å². The van der Waals surface area contributed by atoms with E-state index >= 15 is 0 Å². The van der Waals surface area contributed by atoms with Gasteiger partial charge in [-0.25, -0.2) is 4.98 Å². The summed E-state index contributed by atoms with van der Waals surface area (Å²) in [6.07, 6.45) is 2.10. The molecule has 0 aliphatic carbocycles. The lowest BCUT2D eigenvalue weighted by molar-refractivity contribution is -0.129. The number of anilines is 1. The van der Waals surface area contributed by atoms with Crippen molar-refractivity contribution in [3.05, 3.63) is 29.3 Å². The first-order valence-electron chi connectivity index (χ1n) is 11.2. The van der Waals surface area contributed by atoms with Crippen LogP contribution >= 0.6 is 23.1 Å². The van der Waals surface area contributed by atoms with Gasteiger partial charge in [-0.3, -0.25) is 9.36 Å². The molecule has 4 heterocycles. The minimum absolute atomic E-state index is 0.166. The Morgan fingerprint density at radius 1 is 1.22 bits per heavy atom. The number of carbonyl (C=O) groups excluding carboxylic acids is 1. The molecular weight excluding hydrogens is 444 g/mol. The molecule has 2 fully saturated rings. The number of amides is 1. The van der Waals surface area contributed by atoms with Crippen LogP contribution in [-0.4, -0.2) is 75.7 Å². The first-order chi connectivity index (χ1) is 15.7. The van der Waals surface area contributed by atoms with Gasteiger partial charge in [0.05, 0.1) is 34.2 Å². The topological polar surface area (TPSA) is 76.4 Å². The first kappa shape index (κ1) is 21.7. The Hall–Kier alpha value is -2.17. The van der Waals surface area contributed by atoms with Crippen LogP contribution in [-0.2, 0) is 16.1 Å². The van der Waals surface area contributed by atoms with E-state index in [2.05, 4.69) is 44.8 Å². The minimum Gasteiger partial charge on any atom is -0.378 e. The number of morpholine rings is 1. The number of para-hydroxylation sites is 1. The van der Waals surface area contributed by atoms with Gasteiger partial charge in [0.15, 0.2) is 5.16 Å². The molecule has 0 N–H and O–H groups in total. The summed E-state index contributed by atoms with van der Waals surface area (Å²) in [6, 6.07) is 8.26. The van der Waals surface area contributed by atoms with E-state index in [1.807, 2.05) is 11.0 Å². The molecule has 1 aromatic carbocycles. The molecule has 2 aromatic heterocycles. The van der Waals surface area contributed by atoms with Crippen molar-refractivity contribution >= 4 is 45.2 Å². The third-order valence-corrected chi connectivity index (χ3v) is 8.22. The number of fused-ring (bicyclic) bond motifs is 1. The maximum atomic E-state index is 13.0. The Morgan fingerprint density at radius 3 is 2.88 bits per heavy atom. The smallest absolute Gasteiger partial charge is 0.233 e. The number of piperidine rings is 1. The summed E-state index contributed by atoms with van der Waals surface area (Å²) in [5, 5.41) is 10.7. The van der Waals surface area contributed by atoms with Crippen molar-refractivity contribution in [1.29, 1.82) is 0 Å². The quantitative estimate of drug-likeness (QED) is 0.510. The molecule has 0 saturated carbocycles. The van der Waals surface area contributed by atoms with E-state index in [9.17, 15) is 4.79 Å². The van der Waals surface area contributed by atoms with Gasteiger partial charge in [-0.15, -0.1) is 21.5 Å². The molecule has 1 amide bonds. The number of thiazole rings is 1. The molecule has 10 heteroatoms. The highest BCUT2D eigenvalue weighted by atomic mass is 32.2. The fourth-order valence-electron chi connectivity index (χ4n) is 4.35. The van der Waals surface area contributed by atoms with Crippen molar-refractivity contribution in [3.63, 3.8) is 0 Å². The molecule has 2 aliphatic heterocycles. The van der Waals surface area contributed by atoms with E-state index in [0.717, 1.165) is 67.2 Å². The largest absolute Gasteiger partial charge is 0.378 e. The van der Waals surface area contributed by atoms with E-state index < -0.39 is 0 Å². The predicted octanol–water partition coefficient (Wildman–Crippen LogP) is 3.24. The lowest BCUT2D eigenvalue weighted by Crippen LogP contribution is -2.40. The summed E-state index contributed by atoms with van der Waals surface area (Å²) < 4.78 is 8.77. The molecule has 0 spiro atoms. The zero-order chi connectivity index (χ0) is 21.9. The fraction of sp³-hybridized carbons (Fsp3) is 0.545. The molecule has 170 valence electrons. The number of thioether (sulfide) groups is 1. The molecule has 2 aliphatic rings. The Kier molecular flexibility index (Phi) is 6.61. The second kappa shape index (κ2) is 9.76. The lowest BCUT2D eigenvalue weighted by atomic mass is 9.99. The molecule has 1 atom stereocenters. The number of likely N-dealkylation sites (tertiary alicyclic amines) is 1. The van der Waals surface area contributed by atoms with Gasteiger partial charge in [-0.1, -0.05) is 23.9 Å². The van der Waals surface area contributed by atoms with Crippen molar-refractivity contribution < 1.29 is 9.53 Å². The van der Waals surface area contributed by atoms with Crippen LogP contribution in [0.3, 0.4) is 0 Å². The van der Waals surface area contributed by atoms with Crippen LogP contribution in [0.15, 0.2) is 29.4 Å². The van der Waals surface area contributed by atoms with Gasteiger partial charge in [0.1, 0.15) is 0 Å². The fourth-order valence-corrected chi connectivity index (χ4v) is 6.34. The molecular formula is C22H28N6O2S2. The van der Waals surface area contributed by atoms with Crippen LogP contribution in [0, 0.1) is 0 Å². The Bertz CT molecular complexity index is 1040. The number of benzene rings is 1. The highest BCUT2D eigenvalue weighted by Crippen LogP contribution is 2.33. The first-order valence-corrected chi connectivity index (χ1v) is 13.0. The highest BCUT2D eigenvalue weighted by Gasteiger charge is 2.27. The SMILES string of the molecule is CCn1c(SCC(=O)N2CCC[C@@H](c3nc4ccccc4s3)C2)nnc1N1CCOCC1. The molecule has 0 bridgehead atoms. The van der Waals surface area contributed by atoms with Crippen LogP contribution in [0.25, 0.3) is 10.2 Å². The number of carbonyl (C=O) groups is 1. The number of aromatic nitrogens is 4. The molecule has 32 heavy (non-hydrogen) atoms. The van der Waals surface area contributed by atoms with E-state index in [1.54, 1.807) is 11.3 Å². The summed E-state index contributed by atoms with van der Waals surface area (Å²) in [7, 11) is 0. The number of hydrogen-bond donors (Lipinski definition) is 0. The molecule has 2 saturated heterocycles. The van der Waals surface area contributed by atoms with Gasteiger partial charge >= 0.3 is 0 Å². The summed E-state index contributed by atoms with van der Waals surface area (Å²) in [4.78, 5) is 22.1. The van der Waals surface area contributed by atoms with Gasteiger partial charge in [-0.2, -0.15) is 0 Å². The summed E-state index contributed by atoms with van der Waals surface area (Å²) in [6.45, 7) is 7.50. The Balaban J connectivity index is 1.22.